The van der Waals surface area contributed by atoms with E-state index in [2.05, 4.69) is 15.4 Å². The molecule has 0 N–H and O–H groups in total. The summed E-state index contributed by atoms with van der Waals surface area (Å²) < 4.78 is 37.7. The molecule has 5 nitrogen and oxygen atoms in total. The van der Waals surface area contributed by atoms with E-state index in [1.165, 1.54) is 16.9 Å². The average Bonchev–Trinajstić information content (AvgIpc) is 3.03. The molecule has 0 aliphatic rings. The molecule has 0 saturated carbocycles. The number of hydrogen-bond acceptors (Lipinski definition) is 4. The van der Waals surface area contributed by atoms with E-state index < -0.39 is 11.7 Å². The van der Waals surface area contributed by atoms with E-state index >= 15 is 0 Å². The predicted octanol–water partition coefficient (Wildman–Crippen LogP) is 3.45. The second kappa shape index (κ2) is 7.02. The second-order valence-corrected chi connectivity index (χ2v) is 5.70. The van der Waals surface area contributed by atoms with Crippen molar-refractivity contribution in [2.75, 3.05) is 7.05 Å². The lowest BCUT2D eigenvalue weighted by atomic mass is 10.1. The molecule has 3 rings (SSSR count). The summed E-state index contributed by atoms with van der Waals surface area (Å²) in [5.74, 6) is 0.531. The lowest BCUT2D eigenvalue weighted by Crippen LogP contribution is -2.23. The molecule has 0 bridgehead atoms. The van der Waals surface area contributed by atoms with Crippen LogP contribution in [0.4, 0.5) is 13.2 Å². The standard InChI is InChI=1S/C17H16F3N5/c1-24(11-13-7-9-15(10-8-13)17(18,19)20)12-25-22-16(21-23-25)14-5-3-2-4-6-14/h2-10H,11-12H2,1H3. The first-order valence-corrected chi connectivity index (χ1v) is 7.60. The molecule has 0 atom stereocenters. The maximum absolute atomic E-state index is 12.6. The minimum absolute atomic E-state index is 0.376. The number of nitrogens with zero attached hydrogens (tertiary/aromatic N) is 5. The summed E-state index contributed by atoms with van der Waals surface area (Å²) in [4.78, 5) is 3.34. The largest absolute Gasteiger partial charge is 0.416 e. The van der Waals surface area contributed by atoms with Crippen LogP contribution in [0.2, 0.25) is 0 Å². The van der Waals surface area contributed by atoms with E-state index in [1.807, 2.05) is 42.3 Å². The van der Waals surface area contributed by atoms with Crippen molar-refractivity contribution >= 4 is 0 Å². The fraction of sp³-hybridized carbons (Fsp3) is 0.235. The van der Waals surface area contributed by atoms with Crippen LogP contribution in [-0.2, 0) is 19.4 Å². The van der Waals surface area contributed by atoms with Gasteiger partial charge >= 0.3 is 6.18 Å². The van der Waals surface area contributed by atoms with Crippen molar-refractivity contribution in [2.45, 2.75) is 19.4 Å². The highest BCUT2D eigenvalue weighted by Crippen LogP contribution is 2.29. The van der Waals surface area contributed by atoms with E-state index in [1.54, 1.807) is 0 Å². The van der Waals surface area contributed by atoms with E-state index in [9.17, 15) is 13.2 Å². The minimum Gasteiger partial charge on any atom is -0.282 e. The van der Waals surface area contributed by atoms with Crippen LogP contribution >= 0.6 is 0 Å². The van der Waals surface area contributed by atoms with Crippen molar-refractivity contribution in [3.8, 4) is 11.4 Å². The number of alkyl halides is 3. The normalized spacial score (nSPS) is 11.9. The maximum Gasteiger partial charge on any atom is 0.416 e. The van der Waals surface area contributed by atoms with Crippen molar-refractivity contribution in [3.63, 3.8) is 0 Å². The number of tetrazole rings is 1. The van der Waals surface area contributed by atoms with Crippen molar-refractivity contribution in [1.82, 2.24) is 25.1 Å². The highest BCUT2D eigenvalue weighted by Gasteiger charge is 2.29. The van der Waals surface area contributed by atoms with Crippen molar-refractivity contribution < 1.29 is 13.2 Å². The zero-order valence-electron chi connectivity index (χ0n) is 13.5. The van der Waals surface area contributed by atoms with Gasteiger partial charge in [-0.2, -0.15) is 13.2 Å². The highest BCUT2D eigenvalue weighted by molar-refractivity contribution is 5.52. The third-order valence-corrected chi connectivity index (χ3v) is 3.59. The minimum atomic E-state index is -4.32. The first-order chi connectivity index (χ1) is 11.9. The molecule has 0 spiro atoms. The summed E-state index contributed by atoms with van der Waals surface area (Å²) >= 11 is 0. The van der Waals surface area contributed by atoms with Gasteiger partial charge in [-0.1, -0.05) is 42.5 Å². The Bertz CT molecular complexity index is 812. The summed E-state index contributed by atoms with van der Waals surface area (Å²) in [6.45, 7) is 0.848. The Balaban J connectivity index is 1.61. The quantitative estimate of drug-likeness (QED) is 0.709. The van der Waals surface area contributed by atoms with Crippen LogP contribution in [0, 0.1) is 0 Å². The molecule has 0 aliphatic carbocycles. The van der Waals surface area contributed by atoms with Gasteiger partial charge in [-0.25, -0.2) is 0 Å². The summed E-state index contributed by atoms with van der Waals surface area (Å²) in [6, 6.07) is 14.6. The van der Waals surface area contributed by atoms with Crippen LogP contribution < -0.4 is 0 Å². The molecule has 0 amide bonds. The van der Waals surface area contributed by atoms with Gasteiger partial charge in [0, 0.05) is 12.1 Å². The van der Waals surface area contributed by atoms with Gasteiger partial charge < -0.3 is 0 Å². The molecule has 0 radical (unpaired) electrons. The fourth-order valence-corrected chi connectivity index (χ4v) is 2.38. The topological polar surface area (TPSA) is 46.8 Å². The molecule has 1 heterocycles. The molecular weight excluding hydrogens is 331 g/mol. The molecule has 8 heteroatoms. The van der Waals surface area contributed by atoms with Crippen LogP contribution in [0.5, 0.6) is 0 Å². The molecule has 2 aromatic carbocycles. The van der Waals surface area contributed by atoms with Crippen molar-refractivity contribution in [3.05, 3.63) is 65.7 Å². The summed E-state index contributed by atoms with van der Waals surface area (Å²) in [5, 5.41) is 12.3. The second-order valence-electron chi connectivity index (χ2n) is 5.70. The third kappa shape index (κ3) is 4.42. The SMILES string of the molecule is CN(Cc1ccc(C(F)(F)F)cc1)Cn1nnc(-c2ccccc2)n1. The average molecular weight is 347 g/mol. The number of halogens is 3. The first-order valence-electron chi connectivity index (χ1n) is 7.60. The molecular formula is C17H16F3N5. The van der Waals surface area contributed by atoms with Crippen LogP contribution in [0.1, 0.15) is 11.1 Å². The Morgan fingerprint density at radius 3 is 2.32 bits per heavy atom. The van der Waals surface area contributed by atoms with E-state index in [0.29, 0.717) is 19.0 Å². The number of hydrogen-bond donors (Lipinski definition) is 0. The van der Waals surface area contributed by atoms with E-state index in [-0.39, 0.29) is 0 Å². The lowest BCUT2D eigenvalue weighted by molar-refractivity contribution is -0.137. The maximum atomic E-state index is 12.6. The number of rotatable bonds is 5. The van der Waals surface area contributed by atoms with Crippen LogP contribution in [0.15, 0.2) is 54.6 Å². The van der Waals surface area contributed by atoms with Crippen molar-refractivity contribution in [2.24, 2.45) is 0 Å². The van der Waals surface area contributed by atoms with Crippen LogP contribution in [-0.4, -0.2) is 32.2 Å². The van der Waals surface area contributed by atoms with Gasteiger partial charge in [0.15, 0.2) is 0 Å². The molecule has 0 aliphatic heterocycles. The van der Waals surface area contributed by atoms with Gasteiger partial charge in [0.1, 0.15) is 6.67 Å². The first kappa shape index (κ1) is 17.1. The Labute approximate surface area is 142 Å². The molecule has 3 aromatic rings. The molecule has 1 aromatic heterocycles. The van der Waals surface area contributed by atoms with Crippen molar-refractivity contribution in [1.29, 1.82) is 0 Å². The van der Waals surface area contributed by atoms with Crippen LogP contribution in [0.25, 0.3) is 11.4 Å². The molecule has 0 saturated heterocycles. The van der Waals surface area contributed by atoms with Gasteiger partial charge in [0.05, 0.1) is 5.56 Å². The Morgan fingerprint density at radius 1 is 1.00 bits per heavy atom. The monoisotopic (exact) mass is 347 g/mol. The summed E-state index contributed by atoms with van der Waals surface area (Å²) in [5.41, 5.74) is 1.00. The lowest BCUT2D eigenvalue weighted by Gasteiger charge is -2.16. The predicted molar refractivity (Wildman–Crippen MR) is 86.2 cm³/mol. The smallest absolute Gasteiger partial charge is 0.282 e. The third-order valence-electron chi connectivity index (χ3n) is 3.59. The highest BCUT2D eigenvalue weighted by atomic mass is 19.4. The van der Waals surface area contributed by atoms with Gasteiger partial charge in [-0.15, -0.1) is 15.0 Å². The number of benzene rings is 2. The zero-order chi connectivity index (χ0) is 17.9. The summed E-state index contributed by atoms with van der Waals surface area (Å²) in [7, 11) is 1.84. The molecule has 0 fully saturated rings. The molecule has 25 heavy (non-hydrogen) atoms. The fourth-order valence-electron chi connectivity index (χ4n) is 2.38. The molecule has 0 unspecified atom stereocenters. The van der Waals surface area contributed by atoms with E-state index in [4.69, 9.17) is 0 Å². The van der Waals surface area contributed by atoms with Gasteiger partial charge in [-0.3, -0.25) is 4.90 Å². The van der Waals surface area contributed by atoms with Crippen LogP contribution in [0.3, 0.4) is 0 Å². The van der Waals surface area contributed by atoms with Gasteiger partial charge in [0.25, 0.3) is 0 Å². The van der Waals surface area contributed by atoms with Gasteiger partial charge in [0.2, 0.25) is 5.82 Å². The molecule has 130 valence electrons. The zero-order valence-corrected chi connectivity index (χ0v) is 13.5. The Morgan fingerprint density at radius 2 is 1.68 bits per heavy atom. The summed E-state index contributed by atoms with van der Waals surface area (Å²) in [6.07, 6.45) is -4.32. The Kier molecular flexibility index (Phi) is 4.80. The Hall–Kier alpha value is -2.74. The number of aromatic nitrogens is 4. The van der Waals surface area contributed by atoms with Gasteiger partial charge in [-0.05, 0) is 30.0 Å². The van der Waals surface area contributed by atoms with E-state index in [0.717, 1.165) is 23.3 Å².